The van der Waals surface area contributed by atoms with Crippen molar-refractivity contribution in [3.63, 3.8) is 0 Å². The number of fused-ring (bicyclic) bond motifs is 3. The number of amides is 2. The van der Waals surface area contributed by atoms with Crippen LogP contribution >= 0.6 is 0 Å². The Hall–Kier alpha value is -2.94. The number of aliphatic hydroxyl groups is 1. The molecule has 192 valence electrons. The van der Waals surface area contributed by atoms with E-state index in [0.29, 0.717) is 19.6 Å². The molecule has 2 amide bonds. The van der Waals surface area contributed by atoms with Gasteiger partial charge in [0, 0.05) is 36.3 Å². The lowest BCUT2D eigenvalue weighted by molar-refractivity contribution is -0.142. The van der Waals surface area contributed by atoms with E-state index in [9.17, 15) is 14.7 Å². The quantitative estimate of drug-likeness (QED) is 0.545. The Kier molecular flexibility index (Phi) is 7.55. The molecule has 0 saturated carbocycles. The van der Waals surface area contributed by atoms with Gasteiger partial charge in [-0.15, -0.1) is 0 Å². The van der Waals surface area contributed by atoms with Crippen molar-refractivity contribution in [3.8, 4) is 5.75 Å². The molecule has 3 aliphatic heterocycles. The minimum atomic E-state index is -0.527. The predicted molar refractivity (Wildman–Crippen MR) is 134 cm³/mol. The van der Waals surface area contributed by atoms with Crippen LogP contribution in [0.15, 0.2) is 48.5 Å². The molecule has 5 atom stereocenters. The van der Waals surface area contributed by atoms with Crippen molar-refractivity contribution in [1.29, 1.82) is 0 Å². The van der Waals surface area contributed by atoms with Crippen LogP contribution < -0.4 is 15.4 Å². The molecule has 36 heavy (non-hydrogen) atoms. The summed E-state index contributed by atoms with van der Waals surface area (Å²) in [6.07, 6.45) is 1.06. The maximum absolute atomic E-state index is 12.8. The standard InChI is InChI=1S/C28H34N2O6/c1-17(18-5-3-2-4-6-18)29-26(32)15-21-14-23-22-13-20(30-28(33)19-9-11-34-12-10-19)7-8-24(22)36-27(23)25(16-31)35-21/h2-8,13,17,19,21,23,25,27,31H,9-12,14-16H2,1H3,(H,29,32)(H,30,33)/t17-,21+,23+,25-,27-/m0/s1. The first kappa shape index (κ1) is 24.7. The average molecular weight is 495 g/mol. The van der Waals surface area contributed by atoms with Gasteiger partial charge < -0.3 is 30.0 Å². The minimum absolute atomic E-state index is 0.0102. The van der Waals surface area contributed by atoms with Crippen molar-refractivity contribution in [2.75, 3.05) is 25.1 Å². The van der Waals surface area contributed by atoms with Gasteiger partial charge in [-0.1, -0.05) is 30.3 Å². The third kappa shape index (κ3) is 5.40. The van der Waals surface area contributed by atoms with E-state index in [1.807, 2.05) is 55.5 Å². The van der Waals surface area contributed by atoms with Gasteiger partial charge in [0.15, 0.2) is 0 Å². The molecule has 0 bridgehead atoms. The molecule has 3 N–H and O–H groups in total. The lowest BCUT2D eigenvalue weighted by Gasteiger charge is -2.37. The van der Waals surface area contributed by atoms with Gasteiger partial charge in [-0.05, 0) is 49.9 Å². The van der Waals surface area contributed by atoms with E-state index >= 15 is 0 Å². The van der Waals surface area contributed by atoms with Crippen molar-refractivity contribution in [2.24, 2.45) is 5.92 Å². The second-order valence-electron chi connectivity index (χ2n) is 9.94. The van der Waals surface area contributed by atoms with Crippen molar-refractivity contribution in [1.82, 2.24) is 5.32 Å². The third-order valence-corrected chi connectivity index (χ3v) is 7.45. The summed E-state index contributed by atoms with van der Waals surface area (Å²) in [5.41, 5.74) is 2.75. The Morgan fingerprint density at radius 1 is 1.11 bits per heavy atom. The maximum Gasteiger partial charge on any atom is 0.227 e. The number of ether oxygens (including phenoxy) is 3. The van der Waals surface area contributed by atoms with E-state index in [4.69, 9.17) is 14.2 Å². The van der Waals surface area contributed by atoms with E-state index in [-0.39, 0.29) is 54.9 Å². The number of benzene rings is 2. The van der Waals surface area contributed by atoms with Gasteiger partial charge in [-0.2, -0.15) is 0 Å². The number of carbonyl (C=O) groups is 2. The van der Waals surface area contributed by atoms with Crippen LogP contribution in [0, 0.1) is 5.92 Å². The van der Waals surface area contributed by atoms with Gasteiger partial charge in [0.05, 0.1) is 25.2 Å². The van der Waals surface area contributed by atoms with Gasteiger partial charge in [0.25, 0.3) is 0 Å². The van der Waals surface area contributed by atoms with Crippen molar-refractivity contribution in [2.45, 2.75) is 62.9 Å². The fourth-order valence-corrected chi connectivity index (χ4v) is 5.50. The van der Waals surface area contributed by atoms with Gasteiger partial charge in [-0.3, -0.25) is 9.59 Å². The zero-order chi connectivity index (χ0) is 25.1. The molecular formula is C28H34N2O6. The molecular weight excluding hydrogens is 460 g/mol. The summed E-state index contributed by atoms with van der Waals surface area (Å²) in [6, 6.07) is 15.4. The van der Waals surface area contributed by atoms with Crippen LogP contribution in [0.3, 0.4) is 0 Å². The van der Waals surface area contributed by atoms with Gasteiger partial charge in [0.1, 0.15) is 18.0 Å². The molecule has 2 saturated heterocycles. The summed E-state index contributed by atoms with van der Waals surface area (Å²) in [5, 5.41) is 16.1. The molecule has 0 spiro atoms. The zero-order valence-corrected chi connectivity index (χ0v) is 20.5. The Balaban J connectivity index is 1.25. The van der Waals surface area contributed by atoms with Crippen LogP contribution in [-0.4, -0.2) is 55.1 Å². The highest BCUT2D eigenvalue weighted by Gasteiger charge is 2.46. The lowest BCUT2D eigenvalue weighted by atomic mass is 9.84. The second-order valence-corrected chi connectivity index (χ2v) is 9.94. The largest absolute Gasteiger partial charge is 0.487 e. The number of nitrogens with one attached hydrogen (secondary N) is 2. The fraction of sp³-hybridized carbons (Fsp3) is 0.500. The van der Waals surface area contributed by atoms with E-state index in [1.165, 1.54) is 0 Å². The monoisotopic (exact) mass is 494 g/mol. The summed E-state index contributed by atoms with van der Waals surface area (Å²) < 4.78 is 17.6. The molecule has 0 unspecified atom stereocenters. The molecule has 0 aromatic heterocycles. The fourth-order valence-electron chi connectivity index (χ4n) is 5.50. The van der Waals surface area contributed by atoms with E-state index < -0.39 is 6.10 Å². The Bertz CT molecular complexity index is 1070. The summed E-state index contributed by atoms with van der Waals surface area (Å²) in [4.78, 5) is 25.5. The molecule has 8 heteroatoms. The van der Waals surface area contributed by atoms with Crippen LogP contribution in [0.2, 0.25) is 0 Å². The average Bonchev–Trinajstić information content (AvgIpc) is 3.27. The normalized spacial score (nSPS) is 26.3. The van der Waals surface area contributed by atoms with Crippen LogP contribution in [0.5, 0.6) is 5.75 Å². The number of hydrogen-bond acceptors (Lipinski definition) is 6. The van der Waals surface area contributed by atoms with Gasteiger partial charge >= 0.3 is 0 Å². The van der Waals surface area contributed by atoms with Gasteiger partial charge in [0.2, 0.25) is 11.8 Å². The van der Waals surface area contributed by atoms with Crippen LogP contribution in [0.1, 0.15) is 55.7 Å². The summed E-state index contributed by atoms with van der Waals surface area (Å²) in [7, 11) is 0. The Morgan fingerprint density at radius 2 is 1.89 bits per heavy atom. The number of aliphatic hydroxyl groups excluding tert-OH is 1. The van der Waals surface area contributed by atoms with E-state index in [1.54, 1.807) is 0 Å². The summed E-state index contributed by atoms with van der Waals surface area (Å²) in [6.45, 7) is 2.99. The highest BCUT2D eigenvalue weighted by Crippen LogP contribution is 2.47. The molecule has 2 fully saturated rings. The smallest absolute Gasteiger partial charge is 0.227 e. The van der Waals surface area contributed by atoms with Crippen molar-refractivity contribution in [3.05, 3.63) is 59.7 Å². The molecule has 8 nitrogen and oxygen atoms in total. The Labute approximate surface area is 211 Å². The zero-order valence-electron chi connectivity index (χ0n) is 20.5. The molecule has 0 aliphatic carbocycles. The number of carbonyl (C=O) groups excluding carboxylic acids is 2. The molecule has 0 radical (unpaired) electrons. The van der Waals surface area contributed by atoms with Crippen LogP contribution in [0.25, 0.3) is 0 Å². The molecule has 5 rings (SSSR count). The number of anilines is 1. The van der Waals surface area contributed by atoms with Crippen molar-refractivity contribution < 1.29 is 28.9 Å². The van der Waals surface area contributed by atoms with Crippen LogP contribution in [-0.2, 0) is 19.1 Å². The SMILES string of the molecule is C[C@H](NC(=O)C[C@H]1C[C@@H]2c3cc(NC(=O)C4CCOCC4)ccc3O[C@@H]2[C@H](CO)O1)c1ccccc1. The second kappa shape index (κ2) is 11.0. The van der Waals surface area contributed by atoms with E-state index in [2.05, 4.69) is 10.6 Å². The molecule has 3 aliphatic rings. The molecule has 2 aromatic carbocycles. The van der Waals surface area contributed by atoms with Gasteiger partial charge in [-0.25, -0.2) is 0 Å². The van der Waals surface area contributed by atoms with Crippen molar-refractivity contribution >= 4 is 17.5 Å². The third-order valence-electron chi connectivity index (χ3n) is 7.45. The molecule has 2 aromatic rings. The molecule has 3 heterocycles. The predicted octanol–water partition coefficient (Wildman–Crippen LogP) is 3.31. The number of rotatable bonds is 7. The summed E-state index contributed by atoms with van der Waals surface area (Å²) >= 11 is 0. The number of hydrogen-bond donors (Lipinski definition) is 3. The first-order chi connectivity index (χ1) is 17.5. The first-order valence-corrected chi connectivity index (χ1v) is 12.8. The Morgan fingerprint density at radius 3 is 2.64 bits per heavy atom. The first-order valence-electron chi connectivity index (χ1n) is 12.8. The maximum atomic E-state index is 12.8. The highest BCUT2D eigenvalue weighted by molar-refractivity contribution is 5.92. The lowest BCUT2D eigenvalue weighted by Crippen LogP contribution is -2.47. The summed E-state index contributed by atoms with van der Waals surface area (Å²) in [5.74, 6) is 0.576. The minimum Gasteiger partial charge on any atom is -0.487 e. The topological polar surface area (TPSA) is 106 Å². The van der Waals surface area contributed by atoms with Crippen LogP contribution in [0.4, 0.5) is 5.69 Å². The highest BCUT2D eigenvalue weighted by atomic mass is 16.6. The van der Waals surface area contributed by atoms with E-state index in [0.717, 1.165) is 35.4 Å².